The fourth-order valence-corrected chi connectivity index (χ4v) is 3.13. The summed E-state index contributed by atoms with van der Waals surface area (Å²) in [4.78, 5) is 18.4. The highest BCUT2D eigenvalue weighted by atomic mass is 32.2. The minimum absolute atomic E-state index is 0.0706. The highest BCUT2D eigenvalue weighted by Crippen LogP contribution is 2.24. The number of oxime groups is 1. The van der Waals surface area contributed by atoms with E-state index in [2.05, 4.69) is 29.1 Å². The standard InChI is InChI=1S/C13H24N4O5S2/c1-5-6-22-13(18)17-9-10(23)7-12(17)11(15-21-4)8-14-24(19,20)16(2)3/h5,10,12,14,23H,1,6-9H2,2-4H3/b15-11+/t10-,12-/m0/s1. The van der Waals surface area contributed by atoms with Crippen LogP contribution in [0.4, 0.5) is 4.79 Å². The van der Waals surface area contributed by atoms with Gasteiger partial charge in [-0.2, -0.15) is 30.1 Å². The van der Waals surface area contributed by atoms with Gasteiger partial charge in [-0.25, -0.2) is 4.79 Å². The van der Waals surface area contributed by atoms with Gasteiger partial charge in [0.2, 0.25) is 0 Å². The topological polar surface area (TPSA) is 101 Å². The van der Waals surface area contributed by atoms with Crippen molar-refractivity contribution >= 4 is 34.6 Å². The van der Waals surface area contributed by atoms with Crippen molar-refractivity contribution in [3.63, 3.8) is 0 Å². The van der Waals surface area contributed by atoms with Crippen molar-refractivity contribution in [3.05, 3.63) is 12.7 Å². The van der Waals surface area contributed by atoms with Gasteiger partial charge in [-0.1, -0.05) is 17.8 Å². The van der Waals surface area contributed by atoms with Crippen molar-refractivity contribution in [1.29, 1.82) is 0 Å². The molecule has 1 aliphatic rings. The van der Waals surface area contributed by atoms with Crippen LogP contribution in [0.2, 0.25) is 0 Å². The van der Waals surface area contributed by atoms with E-state index in [1.807, 2.05) is 0 Å². The van der Waals surface area contributed by atoms with E-state index in [-0.39, 0.29) is 18.4 Å². The van der Waals surface area contributed by atoms with Crippen LogP contribution in [0.3, 0.4) is 0 Å². The lowest BCUT2D eigenvalue weighted by Gasteiger charge is -2.25. The first-order valence-corrected chi connectivity index (χ1v) is 9.18. The zero-order valence-corrected chi connectivity index (χ0v) is 15.7. The third kappa shape index (κ3) is 5.65. The van der Waals surface area contributed by atoms with Gasteiger partial charge in [-0.3, -0.25) is 4.90 Å². The summed E-state index contributed by atoms with van der Waals surface area (Å²) >= 11 is 4.40. The Hall–Kier alpha value is -1.30. The molecule has 1 rings (SSSR count). The largest absolute Gasteiger partial charge is 0.445 e. The Morgan fingerprint density at radius 2 is 2.21 bits per heavy atom. The third-order valence-electron chi connectivity index (χ3n) is 3.35. The van der Waals surface area contributed by atoms with Gasteiger partial charge in [0.05, 0.1) is 18.3 Å². The molecule has 0 bridgehead atoms. The maximum absolute atomic E-state index is 12.2. The van der Waals surface area contributed by atoms with Crippen LogP contribution in [-0.2, 0) is 19.8 Å². The summed E-state index contributed by atoms with van der Waals surface area (Å²) in [6, 6.07) is -0.463. The molecule has 11 heteroatoms. The fraction of sp³-hybridized carbons (Fsp3) is 0.692. The van der Waals surface area contributed by atoms with E-state index < -0.39 is 22.3 Å². The molecule has 2 atom stereocenters. The van der Waals surface area contributed by atoms with Crippen LogP contribution in [0, 0.1) is 0 Å². The summed E-state index contributed by atoms with van der Waals surface area (Å²) in [5, 5.41) is 3.81. The molecule has 0 saturated carbocycles. The second-order valence-corrected chi connectivity index (χ2v) is 8.00. The molecule has 0 radical (unpaired) electrons. The molecule has 1 aliphatic heterocycles. The molecular formula is C13H24N4O5S2. The number of nitrogens with zero attached hydrogens (tertiary/aromatic N) is 3. The summed E-state index contributed by atoms with van der Waals surface area (Å²) in [5.74, 6) is 0. The van der Waals surface area contributed by atoms with Gasteiger partial charge >= 0.3 is 6.09 Å². The van der Waals surface area contributed by atoms with Crippen molar-refractivity contribution < 1.29 is 22.8 Å². The number of hydrogen-bond donors (Lipinski definition) is 2. The molecule has 0 aromatic carbocycles. The van der Waals surface area contributed by atoms with Crippen molar-refractivity contribution in [2.24, 2.45) is 5.16 Å². The molecule has 0 aromatic heterocycles. The molecule has 1 saturated heterocycles. The van der Waals surface area contributed by atoms with Crippen molar-refractivity contribution in [1.82, 2.24) is 13.9 Å². The van der Waals surface area contributed by atoms with Gasteiger partial charge < -0.3 is 9.57 Å². The van der Waals surface area contributed by atoms with Crippen LogP contribution < -0.4 is 4.72 Å². The molecule has 138 valence electrons. The van der Waals surface area contributed by atoms with E-state index in [4.69, 9.17) is 9.57 Å². The number of amides is 1. The van der Waals surface area contributed by atoms with Gasteiger partial charge in [-0.15, -0.1) is 0 Å². The van der Waals surface area contributed by atoms with Crippen LogP contribution in [0.1, 0.15) is 6.42 Å². The summed E-state index contributed by atoms with van der Waals surface area (Å²) in [7, 11) is 0.549. The molecule has 0 aliphatic carbocycles. The Labute approximate surface area is 148 Å². The average Bonchev–Trinajstić information content (AvgIpc) is 2.90. The lowest BCUT2D eigenvalue weighted by atomic mass is 10.1. The molecule has 24 heavy (non-hydrogen) atoms. The highest BCUT2D eigenvalue weighted by molar-refractivity contribution is 7.87. The Morgan fingerprint density at radius 1 is 1.54 bits per heavy atom. The SMILES string of the molecule is C=CCOC(=O)N1C[C@@H](S)C[C@H]1/C(CNS(=O)(=O)N(C)C)=N/OC. The second kappa shape index (κ2) is 9.25. The van der Waals surface area contributed by atoms with Gasteiger partial charge in [0.1, 0.15) is 13.7 Å². The molecule has 0 spiro atoms. The monoisotopic (exact) mass is 380 g/mol. The third-order valence-corrected chi connectivity index (χ3v) is 5.19. The average molecular weight is 380 g/mol. The maximum Gasteiger partial charge on any atom is 0.410 e. The number of hydrogen-bond acceptors (Lipinski definition) is 7. The summed E-state index contributed by atoms with van der Waals surface area (Å²) < 4.78 is 32.2. The fourth-order valence-electron chi connectivity index (χ4n) is 2.17. The van der Waals surface area contributed by atoms with Crippen LogP contribution in [0.25, 0.3) is 0 Å². The zero-order valence-electron chi connectivity index (χ0n) is 14.0. The quantitative estimate of drug-likeness (QED) is 0.269. The normalized spacial score (nSPS) is 21.9. The molecule has 1 amide bonds. The first-order chi connectivity index (χ1) is 11.2. The molecule has 1 N–H and O–H groups in total. The van der Waals surface area contributed by atoms with Crippen LogP contribution in [-0.4, -0.2) is 81.6 Å². The Bertz CT molecular complexity index is 579. The Morgan fingerprint density at radius 3 is 2.75 bits per heavy atom. The van der Waals surface area contributed by atoms with Crippen LogP contribution in [0.15, 0.2) is 17.8 Å². The lowest BCUT2D eigenvalue weighted by molar-refractivity contribution is 0.115. The van der Waals surface area contributed by atoms with Gasteiger partial charge in [0, 0.05) is 25.9 Å². The lowest BCUT2D eigenvalue weighted by Crippen LogP contribution is -2.46. The number of nitrogens with one attached hydrogen (secondary N) is 1. The van der Waals surface area contributed by atoms with Crippen LogP contribution in [0.5, 0.6) is 0 Å². The Kier molecular flexibility index (Phi) is 8.00. The molecular weight excluding hydrogens is 356 g/mol. The Balaban J connectivity index is 2.90. The van der Waals surface area contributed by atoms with Crippen molar-refractivity contribution in [2.75, 3.05) is 40.9 Å². The minimum atomic E-state index is -3.63. The van der Waals surface area contributed by atoms with E-state index in [0.717, 1.165) is 4.31 Å². The van der Waals surface area contributed by atoms with Gasteiger partial charge in [0.15, 0.2) is 0 Å². The number of ether oxygens (including phenoxy) is 1. The summed E-state index contributed by atoms with van der Waals surface area (Å²) in [6.07, 6.45) is 1.45. The number of carbonyl (C=O) groups excluding carboxylic acids is 1. The van der Waals surface area contributed by atoms with Crippen LogP contribution >= 0.6 is 12.6 Å². The zero-order chi connectivity index (χ0) is 18.3. The molecule has 9 nitrogen and oxygen atoms in total. The summed E-state index contributed by atoms with van der Waals surface area (Å²) in [6.45, 7) is 3.86. The number of likely N-dealkylation sites (tertiary alicyclic amines) is 1. The van der Waals surface area contributed by atoms with Crippen molar-refractivity contribution in [3.8, 4) is 0 Å². The molecule has 1 fully saturated rings. The van der Waals surface area contributed by atoms with Gasteiger partial charge in [-0.05, 0) is 6.42 Å². The molecule has 0 aromatic rings. The van der Waals surface area contributed by atoms with Gasteiger partial charge in [0.25, 0.3) is 10.2 Å². The highest BCUT2D eigenvalue weighted by Gasteiger charge is 2.38. The van der Waals surface area contributed by atoms with Crippen molar-refractivity contribution in [2.45, 2.75) is 17.7 Å². The van der Waals surface area contributed by atoms with E-state index in [9.17, 15) is 13.2 Å². The molecule has 0 unspecified atom stereocenters. The van der Waals surface area contributed by atoms with E-state index >= 15 is 0 Å². The first kappa shape index (κ1) is 20.7. The second-order valence-electron chi connectivity index (χ2n) is 5.30. The number of rotatable bonds is 8. The first-order valence-electron chi connectivity index (χ1n) is 7.22. The smallest absolute Gasteiger partial charge is 0.410 e. The summed E-state index contributed by atoms with van der Waals surface area (Å²) in [5.41, 5.74) is 0.370. The minimum Gasteiger partial charge on any atom is -0.445 e. The number of thiol groups is 1. The van der Waals surface area contributed by atoms with E-state index in [1.165, 1.54) is 32.2 Å². The maximum atomic E-state index is 12.2. The number of carbonyl (C=O) groups is 1. The predicted octanol–water partition coefficient (Wildman–Crippen LogP) is 0.0801. The van der Waals surface area contributed by atoms with E-state index in [1.54, 1.807) is 0 Å². The molecule has 1 heterocycles. The van der Waals surface area contributed by atoms with E-state index in [0.29, 0.717) is 18.7 Å². The predicted molar refractivity (Wildman–Crippen MR) is 94.5 cm³/mol.